The molecule has 1 aliphatic heterocycles. The Morgan fingerprint density at radius 2 is 1.73 bits per heavy atom. The van der Waals surface area contributed by atoms with E-state index >= 15 is 0 Å². The molecule has 0 amide bonds. The number of nitrogens with one attached hydrogen (secondary N) is 1. The molecule has 1 aromatic carbocycles. The van der Waals surface area contributed by atoms with E-state index in [2.05, 4.69) is 5.32 Å². The summed E-state index contributed by atoms with van der Waals surface area (Å²) in [6, 6.07) is -0.0666. The fourth-order valence-electron chi connectivity index (χ4n) is 5.10. The maximum Gasteiger partial charge on any atom is 0.336 e. The first-order valence-electron chi connectivity index (χ1n) is 10.6. The number of halogens is 3. The van der Waals surface area contributed by atoms with Crippen molar-refractivity contribution in [1.29, 1.82) is 0 Å². The van der Waals surface area contributed by atoms with E-state index in [9.17, 15) is 18.7 Å². The van der Waals surface area contributed by atoms with Gasteiger partial charge in [-0.2, -0.15) is 0 Å². The topological polar surface area (TPSA) is 67.8 Å². The normalized spacial score (nSPS) is 30.2. The average molecular weight is 444 g/mol. The highest BCUT2D eigenvalue weighted by Gasteiger charge is 2.48. The van der Waals surface area contributed by atoms with Crippen LogP contribution in [0.5, 0.6) is 11.5 Å². The molecular weight excluding hydrogens is 416 g/mol. The van der Waals surface area contributed by atoms with Crippen molar-refractivity contribution < 1.29 is 28.2 Å². The molecule has 1 unspecified atom stereocenters. The second kappa shape index (κ2) is 7.52. The number of aromatic carboxylic acids is 1. The molecule has 2 aliphatic carbocycles. The molecule has 0 bridgehead atoms. The third-order valence-electron chi connectivity index (χ3n) is 7.02. The number of carbonyl (C=O) groups is 1. The number of alkyl halides is 2. The van der Waals surface area contributed by atoms with Crippen molar-refractivity contribution in [2.75, 3.05) is 6.54 Å². The van der Waals surface area contributed by atoms with E-state index < -0.39 is 17.7 Å². The summed E-state index contributed by atoms with van der Waals surface area (Å²) in [4.78, 5) is 11.7. The lowest BCUT2D eigenvalue weighted by molar-refractivity contribution is -0.123. The van der Waals surface area contributed by atoms with Gasteiger partial charge in [0, 0.05) is 37.3 Å². The van der Waals surface area contributed by atoms with Gasteiger partial charge in [0.25, 0.3) is 11.7 Å². The van der Waals surface area contributed by atoms with E-state index in [1.807, 2.05) is 6.92 Å². The molecule has 2 fully saturated rings. The number of ether oxygens (including phenoxy) is 2. The largest absolute Gasteiger partial charge is 0.478 e. The Kier molecular flexibility index (Phi) is 5.42. The van der Waals surface area contributed by atoms with Crippen molar-refractivity contribution in [3.8, 4) is 11.5 Å². The van der Waals surface area contributed by atoms with E-state index in [0.717, 1.165) is 32.2 Å². The van der Waals surface area contributed by atoms with Crippen molar-refractivity contribution in [2.45, 2.75) is 77.0 Å². The Labute approximate surface area is 180 Å². The van der Waals surface area contributed by atoms with Gasteiger partial charge in [0.2, 0.25) is 0 Å². The summed E-state index contributed by atoms with van der Waals surface area (Å²) in [5, 5.41) is 13.1. The van der Waals surface area contributed by atoms with Gasteiger partial charge >= 0.3 is 5.97 Å². The smallest absolute Gasteiger partial charge is 0.336 e. The fraction of sp³-hybridized carbons (Fsp3) is 0.682. The molecule has 0 aromatic heterocycles. The maximum atomic E-state index is 13.0. The molecular formula is C22H28ClF2NO4. The highest BCUT2D eigenvalue weighted by atomic mass is 35.5. The molecule has 1 aromatic rings. The second-order valence-corrected chi connectivity index (χ2v) is 9.59. The van der Waals surface area contributed by atoms with E-state index in [4.69, 9.17) is 21.1 Å². The molecule has 2 saturated carbocycles. The Morgan fingerprint density at radius 3 is 2.30 bits per heavy atom. The summed E-state index contributed by atoms with van der Waals surface area (Å²) in [6.07, 6.45) is 3.59. The van der Waals surface area contributed by atoms with E-state index in [0.29, 0.717) is 28.5 Å². The van der Waals surface area contributed by atoms with Crippen LogP contribution in [0.4, 0.5) is 8.78 Å². The summed E-state index contributed by atoms with van der Waals surface area (Å²) in [5.74, 6) is -2.99. The Bertz CT molecular complexity index is 861. The first kappa shape index (κ1) is 21.6. The minimum absolute atomic E-state index is 0.0573. The van der Waals surface area contributed by atoms with Gasteiger partial charge in [0.15, 0.2) is 11.5 Å². The van der Waals surface area contributed by atoms with E-state index in [-0.39, 0.29) is 35.4 Å². The predicted octanol–water partition coefficient (Wildman–Crippen LogP) is 5.34. The lowest BCUT2D eigenvalue weighted by Crippen LogP contribution is -2.50. The quantitative estimate of drug-likeness (QED) is 0.643. The van der Waals surface area contributed by atoms with Crippen LogP contribution in [-0.4, -0.2) is 35.4 Å². The third kappa shape index (κ3) is 3.75. The molecule has 3 aliphatic rings. The minimum Gasteiger partial charge on any atom is -0.478 e. The number of benzene rings is 1. The second-order valence-electron chi connectivity index (χ2n) is 9.21. The van der Waals surface area contributed by atoms with Crippen LogP contribution in [0.1, 0.15) is 66.9 Å². The Balaban J connectivity index is 1.39. The van der Waals surface area contributed by atoms with Crippen LogP contribution in [0.25, 0.3) is 0 Å². The number of carboxylic acid groups (broad SMARTS) is 1. The number of carboxylic acids is 1. The lowest BCUT2D eigenvalue weighted by atomic mass is 9.78. The van der Waals surface area contributed by atoms with Gasteiger partial charge < -0.3 is 19.9 Å². The molecule has 30 heavy (non-hydrogen) atoms. The molecule has 1 heterocycles. The van der Waals surface area contributed by atoms with Crippen molar-refractivity contribution >= 4 is 17.6 Å². The Hall–Kier alpha value is -1.60. The van der Waals surface area contributed by atoms with Crippen LogP contribution in [0.2, 0.25) is 5.02 Å². The molecule has 0 saturated heterocycles. The SMILES string of the molecule is Cc1c(Cl)c2c(c(C)c1C(=O)O)OC(C)(C1CCC(CNC3CC(F)(F)C3)CC1)O2. The van der Waals surface area contributed by atoms with E-state index in [1.54, 1.807) is 13.8 Å². The summed E-state index contributed by atoms with van der Waals surface area (Å²) in [7, 11) is 0. The average Bonchev–Trinajstić information content (AvgIpc) is 3.02. The van der Waals surface area contributed by atoms with Gasteiger partial charge in [0.1, 0.15) is 0 Å². The van der Waals surface area contributed by atoms with Gasteiger partial charge in [0.05, 0.1) is 10.6 Å². The number of hydrogen-bond acceptors (Lipinski definition) is 4. The van der Waals surface area contributed by atoms with Crippen LogP contribution in [0, 0.1) is 25.7 Å². The number of rotatable bonds is 5. The molecule has 2 N–H and O–H groups in total. The lowest BCUT2D eigenvalue weighted by Gasteiger charge is -2.39. The number of hydrogen-bond donors (Lipinski definition) is 2. The van der Waals surface area contributed by atoms with Gasteiger partial charge in [-0.15, -0.1) is 0 Å². The van der Waals surface area contributed by atoms with Crippen LogP contribution in [0.15, 0.2) is 0 Å². The fourth-order valence-corrected chi connectivity index (χ4v) is 5.32. The van der Waals surface area contributed by atoms with Crippen LogP contribution in [0.3, 0.4) is 0 Å². The first-order chi connectivity index (χ1) is 14.0. The zero-order valence-corrected chi connectivity index (χ0v) is 18.2. The molecule has 5 nitrogen and oxygen atoms in total. The first-order valence-corrected chi connectivity index (χ1v) is 10.9. The molecule has 4 rings (SSSR count). The maximum absolute atomic E-state index is 13.0. The van der Waals surface area contributed by atoms with Gasteiger partial charge in [-0.05, 0) is 57.6 Å². The monoisotopic (exact) mass is 443 g/mol. The minimum atomic E-state index is -2.49. The summed E-state index contributed by atoms with van der Waals surface area (Å²) < 4.78 is 38.4. The van der Waals surface area contributed by atoms with Gasteiger partial charge in [-0.25, -0.2) is 13.6 Å². The molecule has 166 valence electrons. The van der Waals surface area contributed by atoms with Crippen molar-refractivity contribution in [2.24, 2.45) is 11.8 Å². The summed E-state index contributed by atoms with van der Waals surface area (Å²) in [6.45, 7) is 6.04. The van der Waals surface area contributed by atoms with Gasteiger partial charge in [-0.3, -0.25) is 0 Å². The molecule has 8 heteroatoms. The van der Waals surface area contributed by atoms with Crippen LogP contribution < -0.4 is 14.8 Å². The predicted molar refractivity (Wildman–Crippen MR) is 109 cm³/mol. The van der Waals surface area contributed by atoms with Crippen LogP contribution in [-0.2, 0) is 0 Å². The third-order valence-corrected chi connectivity index (χ3v) is 7.48. The molecule has 1 atom stereocenters. The van der Waals surface area contributed by atoms with Crippen molar-refractivity contribution in [1.82, 2.24) is 5.32 Å². The summed E-state index contributed by atoms with van der Waals surface area (Å²) in [5.41, 5.74) is 1.16. The van der Waals surface area contributed by atoms with Crippen molar-refractivity contribution in [3.63, 3.8) is 0 Å². The standard InChI is InChI=1S/C22H28ClF2NO4/c1-11-16(20(27)28)12(2)18-19(17(11)23)30-21(3,29-18)14-6-4-13(5-7-14)10-26-15-8-22(24,25)9-15/h13-15,26H,4-10H2,1-3H3,(H,27,28). The molecule has 0 radical (unpaired) electrons. The highest BCUT2D eigenvalue weighted by Crippen LogP contribution is 2.53. The van der Waals surface area contributed by atoms with E-state index in [1.165, 1.54) is 0 Å². The highest BCUT2D eigenvalue weighted by molar-refractivity contribution is 6.33. The zero-order chi connectivity index (χ0) is 21.8. The van der Waals surface area contributed by atoms with Crippen LogP contribution >= 0.6 is 11.6 Å². The summed E-state index contributed by atoms with van der Waals surface area (Å²) >= 11 is 6.43. The van der Waals surface area contributed by atoms with Gasteiger partial charge in [-0.1, -0.05) is 11.6 Å². The number of fused-ring (bicyclic) bond motifs is 1. The molecule has 0 spiro atoms. The Morgan fingerprint density at radius 1 is 1.13 bits per heavy atom. The van der Waals surface area contributed by atoms with Crippen molar-refractivity contribution in [3.05, 3.63) is 21.7 Å². The zero-order valence-electron chi connectivity index (χ0n) is 17.5.